The number of nitrogens with zero attached hydrogens (tertiary/aromatic N) is 2. The maximum Gasteiger partial charge on any atom is 0.138 e. The molecule has 3 N–H and O–H groups in total. The first kappa shape index (κ1) is 23.6. The molecular weight excluding hydrogens is 436 g/mol. The summed E-state index contributed by atoms with van der Waals surface area (Å²) in [4.78, 5) is 4.71. The van der Waals surface area contributed by atoms with Gasteiger partial charge in [-0.25, -0.2) is 0 Å². The van der Waals surface area contributed by atoms with Crippen molar-refractivity contribution < 1.29 is 15.3 Å². The minimum atomic E-state index is -0.659. The number of phenols is 1. The van der Waals surface area contributed by atoms with E-state index in [2.05, 4.69) is 35.8 Å². The zero-order valence-corrected chi connectivity index (χ0v) is 21.4. The molecule has 0 radical (unpaired) electrons. The molecule has 1 aromatic carbocycles. The van der Waals surface area contributed by atoms with Gasteiger partial charge in [0.25, 0.3) is 0 Å². The highest BCUT2D eigenvalue weighted by Gasteiger charge is 2.62. The summed E-state index contributed by atoms with van der Waals surface area (Å²) in [5, 5.41) is 32.7. The highest BCUT2D eigenvalue weighted by Crippen LogP contribution is 2.66. The van der Waals surface area contributed by atoms with Crippen LogP contribution in [-0.4, -0.2) is 64.6 Å². The van der Waals surface area contributed by atoms with E-state index < -0.39 is 5.60 Å². The van der Waals surface area contributed by atoms with E-state index in [0.717, 1.165) is 83.4 Å². The zero-order valence-electron chi connectivity index (χ0n) is 21.4. The first-order valence-corrected chi connectivity index (χ1v) is 13.8. The van der Waals surface area contributed by atoms with Crippen LogP contribution in [0.3, 0.4) is 0 Å². The SMILES string of the molecule is C[C@]12CC[C@H](O)CC1=CC=C1[C@@H]2CC[C@@]2(C)[C@H]1CC[C@@]2(O)CN1CCN(c2ccccc2O)CC1. The Balaban J connectivity index is 1.17. The number of phenolic OH excluding ortho intramolecular Hbond substituents is 1. The molecule has 4 fully saturated rings. The second-order valence-electron chi connectivity index (χ2n) is 12.6. The van der Waals surface area contributed by atoms with E-state index in [1.807, 2.05) is 18.2 Å². The van der Waals surface area contributed by atoms with Crippen molar-refractivity contribution in [2.24, 2.45) is 22.7 Å². The van der Waals surface area contributed by atoms with E-state index in [1.54, 1.807) is 11.6 Å². The predicted octanol–water partition coefficient (Wildman–Crippen LogP) is 4.49. The van der Waals surface area contributed by atoms with Crippen molar-refractivity contribution >= 4 is 5.69 Å². The van der Waals surface area contributed by atoms with Gasteiger partial charge in [-0.3, -0.25) is 4.90 Å². The lowest BCUT2D eigenvalue weighted by Gasteiger charge is -2.56. The lowest BCUT2D eigenvalue weighted by Crippen LogP contribution is -2.58. The monoisotopic (exact) mass is 478 g/mol. The topological polar surface area (TPSA) is 67.2 Å². The van der Waals surface area contributed by atoms with Gasteiger partial charge >= 0.3 is 0 Å². The highest BCUT2D eigenvalue weighted by molar-refractivity contribution is 5.57. The molecule has 1 saturated heterocycles. The fourth-order valence-corrected chi connectivity index (χ4v) is 8.60. The molecule has 1 heterocycles. The summed E-state index contributed by atoms with van der Waals surface area (Å²) in [5.41, 5.74) is 3.39. The molecule has 190 valence electrons. The van der Waals surface area contributed by atoms with Crippen LogP contribution >= 0.6 is 0 Å². The summed E-state index contributed by atoms with van der Waals surface area (Å²) in [7, 11) is 0. The second kappa shape index (κ2) is 8.36. The van der Waals surface area contributed by atoms with Crippen LogP contribution in [0.5, 0.6) is 5.75 Å². The maximum absolute atomic E-state index is 12.2. The molecule has 5 heteroatoms. The second-order valence-corrected chi connectivity index (χ2v) is 12.6. The minimum absolute atomic E-state index is 0.0833. The van der Waals surface area contributed by atoms with Crippen LogP contribution in [0.4, 0.5) is 5.69 Å². The molecule has 6 rings (SSSR count). The van der Waals surface area contributed by atoms with Gasteiger partial charge in [-0.2, -0.15) is 0 Å². The molecule has 5 nitrogen and oxygen atoms in total. The molecule has 1 aliphatic heterocycles. The Morgan fingerprint density at radius 2 is 1.66 bits per heavy atom. The Hall–Kier alpha value is -1.82. The van der Waals surface area contributed by atoms with Gasteiger partial charge in [-0.1, -0.05) is 49.3 Å². The van der Waals surface area contributed by atoms with Gasteiger partial charge in [0.2, 0.25) is 0 Å². The number of aliphatic hydroxyl groups is 2. The van der Waals surface area contributed by atoms with Crippen LogP contribution in [-0.2, 0) is 0 Å². The molecule has 1 aromatic rings. The fourth-order valence-electron chi connectivity index (χ4n) is 8.60. The number of β-amino-alcohol motifs (C(OH)–C–C–N with tert-alkyl or cyclic N) is 1. The number of rotatable bonds is 3. The summed E-state index contributed by atoms with van der Waals surface area (Å²) < 4.78 is 0. The average Bonchev–Trinajstić information content (AvgIpc) is 3.11. The normalized spacial score (nSPS) is 41.5. The largest absolute Gasteiger partial charge is 0.506 e. The third kappa shape index (κ3) is 3.60. The Morgan fingerprint density at radius 3 is 2.43 bits per heavy atom. The Bertz CT molecular complexity index is 1040. The molecule has 0 amide bonds. The molecule has 0 unspecified atom stereocenters. The average molecular weight is 479 g/mol. The number of piperazine rings is 1. The molecule has 5 aliphatic rings. The van der Waals surface area contributed by atoms with Crippen molar-refractivity contribution in [2.75, 3.05) is 37.6 Å². The predicted molar refractivity (Wildman–Crippen MR) is 139 cm³/mol. The first-order valence-electron chi connectivity index (χ1n) is 13.8. The fraction of sp³-hybridized carbons (Fsp3) is 0.667. The van der Waals surface area contributed by atoms with Crippen LogP contribution in [0.2, 0.25) is 0 Å². The number of hydrogen-bond acceptors (Lipinski definition) is 5. The lowest BCUT2D eigenvalue weighted by molar-refractivity contribution is -0.102. The van der Waals surface area contributed by atoms with E-state index in [9.17, 15) is 15.3 Å². The van der Waals surface area contributed by atoms with Gasteiger partial charge in [0, 0.05) is 38.1 Å². The summed E-state index contributed by atoms with van der Waals surface area (Å²) >= 11 is 0. The Kier molecular flexibility index (Phi) is 5.63. The molecular formula is C30H42N2O3. The molecule has 3 saturated carbocycles. The van der Waals surface area contributed by atoms with Crippen LogP contribution in [0.25, 0.3) is 0 Å². The quantitative estimate of drug-likeness (QED) is 0.597. The molecule has 4 aliphatic carbocycles. The number of benzene rings is 1. The zero-order chi connectivity index (χ0) is 24.4. The standard InChI is InChI=1S/C30H42N2O3/c1-28-12-9-22(33)19-21(28)7-8-23-24(28)10-13-29(2)25(23)11-14-30(29,35)20-31-15-17-32(18-16-31)26-5-3-4-6-27(26)34/h3-8,22,24-25,33-35H,9-20H2,1-2H3/t22-,24-,25-,28-,29-,30+/m0/s1. The summed E-state index contributed by atoms with van der Waals surface area (Å²) in [6.07, 6.45) is 11.5. The van der Waals surface area contributed by atoms with Crippen molar-refractivity contribution in [1.82, 2.24) is 4.90 Å². The summed E-state index contributed by atoms with van der Waals surface area (Å²) in [6.45, 7) is 9.13. The molecule has 35 heavy (non-hydrogen) atoms. The van der Waals surface area contributed by atoms with Crippen LogP contribution < -0.4 is 4.90 Å². The van der Waals surface area contributed by atoms with Gasteiger partial charge in [-0.15, -0.1) is 0 Å². The number of aromatic hydroxyl groups is 1. The van der Waals surface area contributed by atoms with E-state index in [1.165, 1.54) is 5.57 Å². The third-order valence-electron chi connectivity index (χ3n) is 10.9. The Labute approximate surface area is 210 Å². The van der Waals surface area contributed by atoms with E-state index in [4.69, 9.17) is 0 Å². The minimum Gasteiger partial charge on any atom is -0.506 e. The van der Waals surface area contributed by atoms with Gasteiger partial charge in [0.15, 0.2) is 0 Å². The van der Waals surface area contributed by atoms with Gasteiger partial charge in [-0.05, 0) is 74.3 Å². The van der Waals surface area contributed by atoms with E-state index >= 15 is 0 Å². The molecule has 6 atom stereocenters. The van der Waals surface area contributed by atoms with Crippen molar-refractivity contribution in [3.05, 3.63) is 47.6 Å². The van der Waals surface area contributed by atoms with Crippen molar-refractivity contribution in [3.63, 3.8) is 0 Å². The lowest BCUT2D eigenvalue weighted by atomic mass is 9.50. The van der Waals surface area contributed by atoms with Gasteiger partial charge in [0.1, 0.15) is 5.75 Å². The van der Waals surface area contributed by atoms with Gasteiger partial charge < -0.3 is 20.2 Å². The third-order valence-corrected chi connectivity index (χ3v) is 10.9. The van der Waals surface area contributed by atoms with Crippen molar-refractivity contribution in [3.8, 4) is 5.75 Å². The summed E-state index contributed by atoms with van der Waals surface area (Å²) in [6, 6.07) is 7.60. The van der Waals surface area contributed by atoms with E-state index in [0.29, 0.717) is 17.6 Å². The van der Waals surface area contributed by atoms with Crippen molar-refractivity contribution in [1.29, 1.82) is 0 Å². The molecule has 0 aromatic heterocycles. The van der Waals surface area contributed by atoms with Crippen molar-refractivity contribution in [2.45, 2.75) is 70.5 Å². The van der Waals surface area contributed by atoms with E-state index in [-0.39, 0.29) is 16.9 Å². The highest BCUT2D eigenvalue weighted by atomic mass is 16.3. The Morgan fingerprint density at radius 1 is 0.914 bits per heavy atom. The van der Waals surface area contributed by atoms with Crippen LogP contribution in [0, 0.1) is 22.7 Å². The first-order chi connectivity index (χ1) is 16.7. The number of para-hydroxylation sites is 2. The van der Waals surface area contributed by atoms with Gasteiger partial charge in [0.05, 0.1) is 17.4 Å². The van der Waals surface area contributed by atoms with Crippen LogP contribution in [0.1, 0.15) is 58.8 Å². The molecule has 0 spiro atoms. The maximum atomic E-state index is 12.2. The number of allylic oxidation sites excluding steroid dienone is 3. The number of hydrogen-bond donors (Lipinski definition) is 3. The van der Waals surface area contributed by atoms with Crippen LogP contribution in [0.15, 0.2) is 47.6 Å². The molecule has 0 bridgehead atoms. The number of aliphatic hydroxyl groups excluding tert-OH is 1. The smallest absolute Gasteiger partial charge is 0.138 e. The number of anilines is 1. The number of fused-ring (bicyclic) bond motifs is 5. The summed E-state index contributed by atoms with van der Waals surface area (Å²) in [5.74, 6) is 1.37.